The van der Waals surface area contributed by atoms with Gasteiger partial charge >= 0.3 is 6.03 Å². The van der Waals surface area contributed by atoms with E-state index in [1.54, 1.807) is 6.92 Å². The van der Waals surface area contributed by atoms with Gasteiger partial charge in [0.25, 0.3) is 0 Å². The Morgan fingerprint density at radius 1 is 1.05 bits per heavy atom. The molecule has 0 radical (unpaired) electrons. The fourth-order valence-corrected chi connectivity index (χ4v) is 1.94. The summed E-state index contributed by atoms with van der Waals surface area (Å²) in [7, 11) is 1.47. The van der Waals surface area contributed by atoms with Crippen LogP contribution in [0.4, 0.5) is 4.79 Å². The third-order valence-electron chi connectivity index (χ3n) is 3.31. The van der Waals surface area contributed by atoms with E-state index in [-0.39, 0.29) is 0 Å². The highest BCUT2D eigenvalue weighted by atomic mass is 16.5. The standard InChI is InChI=1S/C18H18N2O2/c1-14(20(22)18(21)19-2)17-12-10-16(11-13-17)9-8-15-6-4-3-5-7-15/h3-7,10-14,22H,1-2H3,(H,19,21). The lowest BCUT2D eigenvalue weighted by Gasteiger charge is -2.22. The van der Waals surface area contributed by atoms with Crippen molar-refractivity contribution in [1.29, 1.82) is 0 Å². The first kappa shape index (κ1) is 15.6. The summed E-state index contributed by atoms with van der Waals surface area (Å²) in [5.74, 6) is 6.17. The van der Waals surface area contributed by atoms with E-state index in [9.17, 15) is 10.0 Å². The summed E-state index contributed by atoms with van der Waals surface area (Å²) in [4.78, 5) is 11.4. The summed E-state index contributed by atoms with van der Waals surface area (Å²) in [5, 5.41) is 12.8. The van der Waals surface area contributed by atoms with Gasteiger partial charge in [0.05, 0.1) is 6.04 Å². The number of benzene rings is 2. The van der Waals surface area contributed by atoms with Crippen molar-refractivity contribution in [3.05, 3.63) is 71.3 Å². The minimum Gasteiger partial charge on any atom is -0.339 e. The molecule has 4 heteroatoms. The van der Waals surface area contributed by atoms with Gasteiger partial charge in [0, 0.05) is 18.2 Å². The lowest BCUT2D eigenvalue weighted by atomic mass is 10.1. The largest absolute Gasteiger partial charge is 0.341 e. The molecule has 4 nitrogen and oxygen atoms in total. The van der Waals surface area contributed by atoms with Crippen molar-refractivity contribution in [1.82, 2.24) is 10.4 Å². The Hall–Kier alpha value is -2.77. The molecule has 1 unspecified atom stereocenters. The lowest BCUT2D eigenvalue weighted by molar-refractivity contribution is -0.0738. The summed E-state index contributed by atoms with van der Waals surface area (Å²) in [5.41, 5.74) is 2.67. The molecule has 0 aromatic heterocycles. The maximum Gasteiger partial charge on any atom is 0.341 e. The van der Waals surface area contributed by atoms with E-state index >= 15 is 0 Å². The van der Waals surface area contributed by atoms with Gasteiger partial charge in [-0.25, -0.2) is 4.79 Å². The number of nitrogens with zero attached hydrogens (tertiary/aromatic N) is 1. The topological polar surface area (TPSA) is 52.6 Å². The van der Waals surface area contributed by atoms with E-state index in [1.807, 2.05) is 54.6 Å². The highest BCUT2D eigenvalue weighted by Gasteiger charge is 2.18. The van der Waals surface area contributed by atoms with Crippen molar-refractivity contribution in [2.75, 3.05) is 7.05 Å². The van der Waals surface area contributed by atoms with Gasteiger partial charge in [-0.1, -0.05) is 42.2 Å². The summed E-state index contributed by atoms with van der Waals surface area (Å²) in [6.45, 7) is 1.75. The number of amides is 2. The van der Waals surface area contributed by atoms with Crippen molar-refractivity contribution >= 4 is 6.03 Å². The maximum absolute atomic E-state index is 11.4. The zero-order valence-corrected chi connectivity index (χ0v) is 12.6. The van der Waals surface area contributed by atoms with E-state index in [1.165, 1.54) is 7.05 Å². The first-order valence-corrected chi connectivity index (χ1v) is 6.98. The van der Waals surface area contributed by atoms with Crippen molar-refractivity contribution in [2.45, 2.75) is 13.0 Å². The Bertz CT molecular complexity index is 685. The average molecular weight is 294 g/mol. The van der Waals surface area contributed by atoms with Crippen LogP contribution in [0, 0.1) is 11.8 Å². The van der Waals surface area contributed by atoms with Gasteiger partial charge in [-0.3, -0.25) is 5.21 Å². The monoisotopic (exact) mass is 294 g/mol. The predicted molar refractivity (Wildman–Crippen MR) is 85.4 cm³/mol. The zero-order chi connectivity index (χ0) is 15.9. The molecule has 0 spiro atoms. The molecule has 0 fully saturated rings. The normalized spacial score (nSPS) is 11.0. The Kier molecular flexibility index (Phi) is 5.18. The maximum atomic E-state index is 11.4. The van der Waals surface area contributed by atoms with E-state index < -0.39 is 12.1 Å². The van der Waals surface area contributed by atoms with E-state index in [2.05, 4.69) is 17.2 Å². The van der Waals surface area contributed by atoms with E-state index in [4.69, 9.17) is 0 Å². The van der Waals surface area contributed by atoms with Crippen LogP contribution in [-0.4, -0.2) is 23.3 Å². The van der Waals surface area contributed by atoms with Crippen LogP contribution in [-0.2, 0) is 0 Å². The molecule has 22 heavy (non-hydrogen) atoms. The molecule has 2 N–H and O–H groups in total. The molecule has 0 aliphatic carbocycles. The van der Waals surface area contributed by atoms with Crippen LogP contribution < -0.4 is 5.32 Å². The number of urea groups is 1. The first-order chi connectivity index (χ1) is 10.6. The van der Waals surface area contributed by atoms with Gasteiger partial charge in [-0.05, 0) is 36.8 Å². The first-order valence-electron chi connectivity index (χ1n) is 6.98. The van der Waals surface area contributed by atoms with Crippen LogP contribution in [0.5, 0.6) is 0 Å². The quantitative estimate of drug-likeness (QED) is 0.508. The summed E-state index contributed by atoms with van der Waals surface area (Å²) in [6.07, 6.45) is 0. The van der Waals surface area contributed by atoms with Gasteiger partial charge in [-0.15, -0.1) is 0 Å². The number of hydroxylamine groups is 2. The third-order valence-corrected chi connectivity index (χ3v) is 3.31. The molecule has 0 aliphatic heterocycles. The number of nitrogens with one attached hydrogen (secondary N) is 1. The minimum absolute atomic E-state index is 0.434. The van der Waals surface area contributed by atoms with Gasteiger partial charge in [0.15, 0.2) is 0 Å². The Morgan fingerprint density at radius 3 is 2.14 bits per heavy atom. The second-order valence-corrected chi connectivity index (χ2v) is 4.81. The molecule has 0 saturated carbocycles. The van der Waals surface area contributed by atoms with Crippen molar-refractivity contribution < 1.29 is 10.0 Å². The molecule has 2 amide bonds. The number of carbonyl (C=O) groups is 1. The van der Waals surface area contributed by atoms with Crippen LogP contribution in [0.25, 0.3) is 0 Å². The molecule has 0 saturated heterocycles. The lowest BCUT2D eigenvalue weighted by Crippen LogP contribution is -2.37. The van der Waals surface area contributed by atoms with Crippen LogP contribution >= 0.6 is 0 Å². The van der Waals surface area contributed by atoms with Crippen LogP contribution in [0.1, 0.15) is 29.7 Å². The predicted octanol–water partition coefficient (Wildman–Crippen LogP) is 3.18. The zero-order valence-electron chi connectivity index (χ0n) is 12.6. The fourth-order valence-electron chi connectivity index (χ4n) is 1.94. The molecule has 2 aromatic carbocycles. The SMILES string of the molecule is CNC(=O)N(O)C(C)c1ccc(C#Cc2ccccc2)cc1. The third kappa shape index (κ3) is 3.87. The van der Waals surface area contributed by atoms with Gasteiger partial charge in [-0.2, -0.15) is 5.06 Å². The van der Waals surface area contributed by atoms with Crippen molar-refractivity contribution in [3.63, 3.8) is 0 Å². The van der Waals surface area contributed by atoms with Crippen molar-refractivity contribution in [3.8, 4) is 11.8 Å². The van der Waals surface area contributed by atoms with Crippen LogP contribution in [0.2, 0.25) is 0 Å². The van der Waals surface area contributed by atoms with Gasteiger partial charge < -0.3 is 5.32 Å². The van der Waals surface area contributed by atoms with Crippen LogP contribution in [0.3, 0.4) is 0 Å². The van der Waals surface area contributed by atoms with E-state index in [0.29, 0.717) is 5.06 Å². The van der Waals surface area contributed by atoms with Gasteiger partial charge in [0.2, 0.25) is 0 Å². The molecule has 0 aliphatic rings. The highest BCUT2D eigenvalue weighted by Crippen LogP contribution is 2.18. The summed E-state index contributed by atoms with van der Waals surface area (Å²) in [6, 6.07) is 16.2. The second-order valence-electron chi connectivity index (χ2n) is 4.81. The van der Waals surface area contributed by atoms with Gasteiger partial charge in [0.1, 0.15) is 0 Å². The average Bonchev–Trinajstić information content (AvgIpc) is 2.59. The minimum atomic E-state index is -0.541. The Morgan fingerprint density at radius 2 is 1.59 bits per heavy atom. The fraction of sp³-hybridized carbons (Fsp3) is 0.167. The summed E-state index contributed by atoms with van der Waals surface area (Å²) >= 11 is 0. The molecule has 2 rings (SSSR count). The molecular formula is C18H18N2O2. The summed E-state index contributed by atoms with van der Waals surface area (Å²) < 4.78 is 0. The number of rotatable bonds is 2. The smallest absolute Gasteiger partial charge is 0.339 e. The molecular weight excluding hydrogens is 276 g/mol. The Balaban J connectivity index is 2.11. The molecule has 1 atom stereocenters. The Labute approximate surface area is 130 Å². The molecule has 0 heterocycles. The van der Waals surface area contributed by atoms with Crippen LogP contribution in [0.15, 0.2) is 54.6 Å². The van der Waals surface area contributed by atoms with Crippen molar-refractivity contribution in [2.24, 2.45) is 0 Å². The second kappa shape index (κ2) is 7.30. The highest BCUT2D eigenvalue weighted by molar-refractivity contribution is 5.72. The molecule has 112 valence electrons. The molecule has 0 bridgehead atoms. The number of hydrogen-bond donors (Lipinski definition) is 2. The number of carbonyl (C=O) groups excluding carboxylic acids is 1. The molecule has 2 aromatic rings. The number of hydrogen-bond acceptors (Lipinski definition) is 2. The van der Waals surface area contributed by atoms with E-state index in [0.717, 1.165) is 16.7 Å².